The number of nitrogens with zero attached hydrogens (tertiary/aromatic N) is 1. The number of likely N-dealkylation sites (N-methyl/N-ethyl adjacent to an activating group) is 1. The number of hydrogen-bond acceptors (Lipinski definition) is 4. The summed E-state index contributed by atoms with van der Waals surface area (Å²) in [6, 6.07) is 0.814. The molecule has 1 aliphatic carbocycles. The summed E-state index contributed by atoms with van der Waals surface area (Å²) in [6.45, 7) is 2.05. The van der Waals surface area contributed by atoms with Crippen molar-refractivity contribution in [3.63, 3.8) is 0 Å². The molecule has 3 unspecified atom stereocenters. The van der Waals surface area contributed by atoms with E-state index in [0.717, 1.165) is 38.8 Å². The fourth-order valence-corrected chi connectivity index (χ4v) is 4.62. The SMILES string of the molecule is CNC1CCN(C2CCCC2S(C)(=O)=O)C1. The molecule has 1 aliphatic heterocycles. The van der Waals surface area contributed by atoms with Gasteiger partial charge in [-0.25, -0.2) is 8.42 Å². The smallest absolute Gasteiger partial charge is 0.151 e. The molecule has 0 spiro atoms. The molecule has 16 heavy (non-hydrogen) atoms. The second-order valence-corrected chi connectivity index (χ2v) is 7.40. The maximum atomic E-state index is 11.7. The minimum Gasteiger partial charge on any atom is -0.316 e. The lowest BCUT2D eigenvalue weighted by molar-refractivity contribution is 0.242. The molecule has 1 saturated carbocycles. The van der Waals surface area contributed by atoms with Crippen molar-refractivity contribution in [3.8, 4) is 0 Å². The lowest BCUT2D eigenvalue weighted by Gasteiger charge is -2.28. The van der Waals surface area contributed by atoms with E-state index in [2.05, 4.69) is 10.2 Å². The number of nitrogens with one attached hydrogen (secondary N) is 1. The molecule has 0 radical (unpaired) electrons. The summed E-state index contributed by atoms with van der Waals surface area (Å²) < 4.78 is 23.4. The average Bonchev–Trinajstić information content (AvgIpc) is 2.84. The quantitative estimate of drug-likeness (QED) is 0.775. The lowest BCUT2D eigenvalue weighted by Crippen LogP contribution is -2.43. The van der Waals surface area contributed by atoms with Gasteiger partial charge in [0, 0.05) is 31.4 Å². The van der Waals surface area contributed by atoms with E-state index in [1.165, 1.54) is 6.26 Å². The predicted molar refractivity (Wildman–Crippen MR) is 65.3 cm³/mol. The molecule has 0 aromatic heterocycles. The van der Waals surface area contributed by atoms with Crippen molar-refractivity contribution in [2.45, 2.75) is 43.0 Å². The summed E-state index contributed by atoms with van der Waals surface area (Å²) in [5.74, 6) is 0. The normalized spacial score (nSPS) is 37.0. The van der Waals surface area contributed by atoms with Crippen LogP contribution in [0.2, 0.25) is 0 Å². The second-order valence-electron chi connectivity index (χ2n) is 5.14. The third-order valence-corrected chi connectivity index (χ3v) is 5.71. The molecule has 0 aromatic carbocycles. The maximum absolute atomic E-state index is 11.7. The van der Waals surface area contributed by atoms with Crippen molar-refractivity contribution >= 4 is 9.84 Å². The fourth-order valence-electron chi connectivity index (χ4n) is 3.15. The van der Waals surface area contributed by atoms with Gasteiger partial charge >= 0.3 is 0 Å². The molecule has 1 N–H and O–H groups in total. The maximum Gasteiger partial charge on any atom is 0.151 e. The third kappa shape index (κ3) is 2.41. The van der Waals surface area contributed by atoms with Gasteiger partial charge in [0.1, 0.15) is 0 Å². The van der Waals surface area contributed by atoms with E-state index in [0.29, 0.717) is 6.04 Å². The largest absolute Gasteiger partial charge is 0.316 e. The molecular weight excluding hydrogens is 224 g/mol. The van der Waals surface area contributed by atoms with E-state index in [1.807, 2.05) is 7.05 Å². The van der Waals surface area contributed by atoms with Crippen LogP contribution in [0.1, 0.15) is 25.7 Å². The van der Waals surface area contributed by atoms with Crippen LogP contribution in [0.3, 0.4) is 0 Å². The molecule has 0 amide bonds. The summed E-state index contributed by atoms with van der Waals surface area (Å²) in [5.41, 5.74) is 0. The summed E-state index contributed by atoms with van der Waals surface area (Å²) in [7, 11) is -0.892. The first-order valence-corrected chi connectivity index (χ1v) is 8.08. The Morgan fingerprint density at radius 3 is 2.56 bits per heavy atom. The highest BCUT2D eigenvalue weighted by atomic mass is 32.2. The fraction of sp³-hybridized carbons (Fsp3) is 1.00. The highest BCUT2D eigenvalue weighted by Crippen LogP contribution is 2.31. The molecule has 94 valence electrons. The molecule has 1 heterocycles. The zero-order valence-electron chi connectivity index (χ0n) is 10.1. The first kappa shape index (κ1) is 12.3. The van der Waals surface area contributed by atoms with E-state index in [-0.39, 0.29) is 11.3 Å². The van der Waals surface area contributed by atoms with Gasteiger partial charge in [-0.1, -0.05) is 6.42 Å². The van der Waals surface area contributed by atoms with Crippen molar-refractivity contribution in [2.75, 3.05) is 26.4 Å². The van der Waals surface area contributed by atoms with Crippen LogP contribution < -0.4 is 5.32 Å². The average molecular weight is 246 g/mol. The molecule has 2 rings (SSSR count). The number of rotatable bonds is 3. The highest BCUT2D eigenvalue weighted by molar-refractivity contribution is 7.91. The van der Waals surface area contributed by atoms with Crippen molar-refractivity contribution in [1.82, 2.24) is 10.2 Å². The number of likely N-dealkylation sites (tertiary alicyclic amines) is 1. The van der Waals surface area contributed by atoms with E-state index < -0.39 is 9.84 Å². The van der Waals surface area contributed by atoms with Crippen molar-refractivity contribution in [3.05, 3.63) is 0 Å². The Labute approximate surface area is 98.3 Å². The van der Waals surface area contributed by atoms with E-state index in [1.54, 1.807) is 0 Å². The van der Waals surface area contributed by atoms with Gasteiger partial charge in [0.05, 0.1) is 5.25 Å². The van der Waals surface area contributed by atoms with Gasteiger partial charge in [-0.15, -0.1) is 0 Å². The van der Waals surface area contributed by atoms with Crippen LogP contribution in [0.15, 0.2) is 0 Å². The van der Waals surface area contributed by atoms with E-state index in [9.17, 15) is 8.42 Å². The van der Waals surface area contributed by atoms with Gasteiger partial charge in [0.2, 0.25) is 0 Å². The Morgan fingerprint density at radius 1 is 1.25 bits per heavy atom. The van der Waals surface area contributed by atoms with Gasteiger partial charge in [0.25, 0.3) is 0 Å². The Bertz CT molecular complexity index is 342. The number of sulfone groups is 1. The molecule has 5 heteroatoms. The standard InChI is InChI=1S/C11H22N2O2S/c1-12-9-6-7-13(8-9)10-4-3-5-11(10)16(2,14)15/h9-12H,3-8H2,1-2H3. The van der Waals surface area contributed by atoms with Gasteiger partial charge < -0.3 is 5.32 Å². The Hall–Kier alpha value is -0.130. The van der Waals surface area contributed by atoms with Crippen LogP contribution in [0, 0.1) is 0 Å². The van der Waals surface area contributed by atoms with Crippen LogP contribution in [0.4, 0.5) is 0 Å². The Morgan fingerprint density at radius 2 is 2.00 bits per heavy atom. The predicted octanol–water partition coefficient (Wildman–Crippen LogP) is 0.246. The summed E-state index contributed by atoms with van der Waals surface area (Å²) in [6.07, 6.45) is 5.49. The van der Waals surface area contributed by atoms with Crippen LogP contribution >= 0.6 is 0 Å². The van der Waals surface area contributed by atoms with Gasteiger partial charge in [0.15, 0.2) is 9.84 Å². The van der Waals surface area contributed by atoms with Crippen molar-refractivity contribution < 1.29 is 8.42 Å². The molecular formula is C11H22N2O2S. The van der Waals surface area contributed by atoms with Crippen molar-refractivity contribution in [2.24, 2.45) is 0 Å². The monoisotopic (exact) mass is 246 g/mol. The zero-order chi connectivity index (χ0) is 11.8. The van der Waals surface area contributed by atoms with Crippen LogP contribution in [-0.2, 0) is 9.84 Å². The molecule has 2 fully saturated rings. The first-order chi connectivity index (χ1) is 7.52. The Kier molecular flexibility index (Phi) is 3.56. The van der Waals surface area contributed by atoms with Gasteiger partial charge in [-0.3, -0.25) is 4.90 Å². The Balaban J connectivity index is 2.04. The van der Waals surface area contributed by atoms with Crippen LogP contribution in [0.25, 0.3) is 0 Å². The van der Waals surface area contributed by atoms with Crippen LogP contribution in [0.5, 0.6) is 0 Å². The van der Waals surface area contributed by atoms with Gasteiger partial charge in [-0.05, 0) is 26.3 Å². The summed E-state index contributed by atoms with van der Waals surface area (Å²) in [4.78, 5) is 2.37. The van der Waals surface area contributed by atoms with Crippen molar-refractivity contribution in [1.29, 1.82) is 0 Å². The molecule has 4 nitrogen and oxygen atoms in total. The topological polar surface area (TPSA) is 49.4 Å². The second kappa shape index (κ2) is 4.63. The first-order valence-electron chi connectivity index (χ1n) is 6.12. The molecule has 0 bridgehead atoms. The minimum atomic E-state index is -2.88. The van der Waals surface area contributed by atoms with Gasteiger partial charge in [-0.2, -0.15) is 0 Å². The molecule has 1 saturated heterocycles. The summed E-state index contributed by atoms with van der Waals surface area (Å²) >= 11 is 0. The summed E-state index contributed by atoms with van der Waals surface area (Å²) in [5, 5.41) is 3.16. The van der Waals surface area contributed by atoms with Crippen LogP contribution in [-0.4, -0.2) is 57.0 Å². The van der Waals surface area contributed by atoms with E-state index >= 15 is 0 Å². The third-order valence-electron chi connectivity index (χ3n) is 4.06. The highest BCUT2D eigenvalue weighted by Gasteiger charge is 2.40. The van der Waals surface area contributed by atoms with E-state index in [4.69, 9.17) is 0 Å². The number of hydrogen-bond donors (Lipinski definition) is 1. The molecule has 3 atom stereocenters. The molecule has 2 aliphatic rings. The molecule has 0 aromatic rings. The minimum absolute atomic E-state index is 0.122. The lowest BCUT2D eigenvalue weighted by atomic mass is 10.2. The zero-order valence-corrected chi connectivity index (χ0v) is 11.0.